The summed E-state index contributed by atoms with van der Waals surface area (Å²) in [6.45, 7) is 13.5. The van der Waals surface area contributed by atoms with Crippen LogP contribution in [0.2, 0.25) is 0 Å². The van der Waals surface area contributed by atoms with Crippen LogP contribution in [0.25, 0.3) is 17.2 Å². The summed E-state index contributed by atoms with van der Waals surface area (Å²) in [4.78, 5) is 21.6. The van der Waals surface area contributed by atoms with E-state index in [0.29, 0.717) is 25.6 Å². The molecule has 0 fully saturated rings. The van der Waals surface area contributed by atoms with Crippen molar-refractivity contribution in [2.45, 2.75) is 77.0 Å². The quantitative estimate of drug-likeness (QED) is 0.0834. The van der Waals surface area contributed by atoms with E-state index in [9.17, 15) is 4.79 Å². The number of benzene rings is 3. The first-order valence-electron chi connectivity index (χ1n) is 17.9. The third-order valence-electron chi connectivity index (χ3n) is 8.60. The van der Waals surface area contributed by atoms with Gasteiger partial charge in [-0.25, -0.2) is 4.98 Å². The molecule has 1 N–H and O–H groups in total. The highest BCUT2D eigenvalue weighted by Crippen LogP contribution is 2.34. The minimum atomic E-state index is -0.0526. The van der Waals surface area contributed by atoms with E-state index in [1.165, 1.54) is 17.8 Å². The van der Waals surface area contributed by atoms with Gasteiger partial charge in [-0.1, -0.05) is 58.7 Å². The van der Waals surface area contributed by atoms with Crippen molar-refractivity contribution in [1.82, 2.24) is 9.55 Å². The number of fused-ring (bicyclic) bond motifs is 1. The summed E-state index contributed by atoms with van der Waals surface area (Å²) < 4.78 is 13.7. The number of aromatic nitrogens is 2. The van der Waals surface area contributed by atoms with E-state index in [1.54, 1.807) is 11.8 Å². The second-order valence-corrected chi connectivity index (χ2v) is 14.1. The number of imidazole rings is 1. The number of hydrogen-bond acceptors (Lipinski definition) is 6. The number of thioether (sulfide) groups is 1. The Kier molecular flexibility index (Phi) is 13.8. The number of carbonyl (C=O) groups excluding carboxylic acids is 1. The highest BCUT2D eigenvalue weighted by Gasteiger charge is 2.21. The molecule has 1 amide bonds. The zero-order valence-electron chi connectivity index (χ0n) is 29.6. The third-order valence-corrected chi connectivity index (χ3v) is 9.65. The van der Waals surface area contributed by atoms with E-state index in [0.717, 1.165) is 89.9 Å². The molecule has 49 heavy (non-hydrogen) atoms. The molecular weight excluding hydrogens is 629 g/mol. The Bertz CT molecular complexity index is 1650. The maximum Gasteiger partial charge on any atom is 0.251 e. The first-order valence-corrected chi connectivity index (χ1v) is 18.9. The monoisotopic (exact) mass is 680 g/mol. The zero-order valence-corrected chi connectivity index (χ0v) is 30.4. The molecule has 0 spiro atoms. The molecule has 2 heterocycles. The summed E-state index contributed by atoms with van der Waals surface area (Å²) in [7, 11) is 0. The van der Waals surface area contributed by atoms with Gasteiger partial charge < -0.3 is 24.3 Å². The fraction of sp³-hybridized carbons (Fsp3) is 0.415. The number of carbonyl (C=O) groups is 1. The molecule has 7 nitrogen and oxygen atoms in total. The summed E-state index contributed by atoms with van der Waals surface area (Å²) >= 11 is 1.79. The molecule has 0 aliphatic carbocycles. The summed E-state index contributed by atoms with van der Waals surface area (Å²) in [6, 6.07) is 23.0. The molecule has 1 aromatic heterocycles. The lowest BCUT2D eigenvalue weighted by Crippen LogP contribution is -2.29. The average Bonchev–Trinajstić information content (AvgIpc) is 3.48. The number of nitrogens with one attached hydrogen (secondary N) is 1. The topological polar surface area (TPSA) is 68.6 Å². The van der Waals surface area contributed by atoms with Gasteiger partial charge in [0.15, 0.2) is 0 Å². The van der Waals surface area contributed by atoms with Crippen LogP contribution < -0.4 is 15.0 Å². The molecule has 1 aliphatic heterocycles. The van der Waals surface area contributed by atoms with Crippen molar-refractivity contribution in [1.29, 1.82) is 0 Å². The molecule has 0 atom stereocenters. The van der Waals surface area contributed by atoms with Crippen LogP contribution in [0.15, 0.2) is 89.7 Å². The highest BCUT2D eigenvalue weighted by molar-refractivity contribution is 7.98. The van der Waals surface area contributed by atoms with Crippen molar-refractivity contribution < 1.29 is 14.3 Å². The molecule has 8 heteroatoms. The van der Waals surface area contributed by atoms with Crippen molar-refractivity contribution >= 4 is 35.1 Å². The molecule has 4 aromatic rings. The first-order chi connectivity index (χ1) is 23.9. The van der Waals surface area contributed by atoms with Gasteiger partial charge in [0.1, 0.15) is 12.4 Å². The Labute approximate surface area is 297 Å². The Hall–Kier alpha value is -4.01. The van der Waals surface area contributed by atoms with Gasteiger partial charge in [0.2, 0.25) is 0 Å². The third kappa shape index (κ3) is 10.7. The van der Waals surface area contributed by atoms with Crippen LogP contribution in [0.3, 0.4) is 0 Å². The predicted octanol–water partition coefficient (Wildman–Crippen LogP) is 9.73. The van der Waals surface area contributed by atoms with Gasteiger partial charge in [-0.2, -0.15) is 0 Å². The summed E-state index contributed by atoms with van der Waals surface area (Å²) in [6.07, 6.45) is 11.2. The Morgan fingerprint density at radius 3 is 2.47 bits per heavy atom. The van der Waals surface area contributed by atoms with Gasteiger partial charge >= 0.3 is 0 Å². The summed E-state index contributed by atoms with van der Waals surface area (Å²) in [5, 5.41) is 3.17. The second kappa shape index (κ2) is 18.7. The highest BCUT2D eigenvalue weighted by atomic mass is 32.2. The molecule has 0 saturated heterocycles. The normalized spacial score (nSPS) is 12.8. The van der Waals surface area contributed by atoms with Crippen molar-refractivity contribution in [2.75, 3.05) is 43.1 Å². The van der Waals surface area contributed by atoms with Crippen LogP contribution in [0.5, 0.6) is 5.75 Å². The number of rotatable bonds is 18. The molecule has 0 saturated carbocycles. The Morgan fingerprint density at radius 1 is 0.939 bits per heavy atom. The minimum Gasteiger partial charge on any atom is -0.491 e. The van der Waals surface area contributed by atoms with Crippen LogP contribution in [0.1, 0.15) is 71.1 Å². The summed E-state index contributed by atoms with van der Waals surface area (Å²) in [5.74, 6) is 2.15. The smallest absolute Gasteiger partial charge is 0.251 e. The maximum absolute atomic E-state index is 13.7. The van der Waals surface area contributed by atoms with E-state index in [-0.39, 0.29) is 5.91 Å². The number of nitrogens with zero attached hydrogens (tertiary/aromatic N) is 3. The molecule has 5 rings (SSSR count). The number of hydrogen-bond donors (Lipinski definition) is 1. The van der Waals surface area contributed by atoms with E-state index in [2.05, 4.69) is 96.0 Å². The molecular formula is C41H52N4O3S. The molecule has 0 unspecified atom stereocenters. The number of ether oxygens (including phenoxy) is 2. The van der Waals surface area contributed by atoms with Crippen molar-refractivity contribution in [3.8, 4) is 16.9 Å². The van der Waals surface area contributed by atoms with Crippen LogP contribution in [-0.2, 0) is 21.8 Å². The minimum absolute atomic E-state index is 0.0526. The van der Waals surface area contributed by atoms with Gasteiger partial charge in [0.25, 0.3) is 5.91 Å². The lowest BCUT2D eigenvalue weighted by atomic mass is 10.00. The van der Waals surface area contributed by atoms with Gasteiger partial charge in [-0.15, -0.1) is 11.8 Å². The van der Waals surface area contributed by atoms with Crippen molar-refractivity contribution in [3.63, 3.8) is 0 Å². The van der Waals surface area contributed by atoms with Gasteiger partial charge in [0, 0.05) is 65.7 Å². The van der Waals surface area contributed by atoms with Gasteiger partial charge in [0.05, 0.1) is 12.9 Å². The molecule has 3 aromatic carbocycles. The van der Waals surface area contributed by atoms with E-state index < -0.39 is 0 Å². The largest absolute Gasteiger partial charge is 0.491 e. The van der Waals surface area contributed by atoms with Gasteiger partial charge in [-0.3, -0.25) is 4.79 Å². The fourth-order valence-electron chi connectivity index (χ4n) is 5.89. The average molecular weight is 681 g/mol. The number of amides is 1. The lowest BCUT2D eigenvalue weighted by molar-refractivity contribution is -0.112. The SMILES string of the molecule is CCCCOCCOc1ccc(-c2ccc3c(c2)C=C(C(=O)Nc2ccc(SCc4cncn4CCCC)cc2)CCN3CC(C)C)cc1. The van der Waals surface area contributed by atoms with E-state index in [4.69, 9.17) is 9.47 Å². The van der Waals surface area contributed by atoms with Crippen LogP contribution >= 0.6 is 11.8 Å². The first kappa shape index (κ1) is 36.3. The van der Waals surface area contributed by atoms with Crippen LogP contribution in [0.4, 0.5) is 11.4 Å². The molecule has 1 aliphatic rings. The van der Waals surface area contributed by atoms with Crippen LogP contribution in [0, 0.1) is 5.92 Å². The standard InChI is InChI=1S/C41H52N4O3S/c1-5-7-20-45-30-42-27-37(45)29-49-39-16-12-36(13-17-39)43-41(46)34-19-21-44(28-31(3)4)40-18-11-33(25-35(40)26-34)32-9-14-38(15-10-32)48-24-23-47-22-8-6-2/h9-18,25-27,30-31H,5-8,19-24,28-29H2,1-4H3,(H,43,46). The number of aryl methyl sites for hydroxylation is 1. The Balaban J connectivity index is 1.25. The van der Waals surface area contributed by atoms with Gasteiger partial charge in [-0.05, 0) is 96.5 Å². The second-order valence-electron chi connectivity index (χ2n) is 13.1. The van der Waals surface area contributed by atoms with Crippen molar-refractivity contribution in [3.05, 3.63) is 96.1 Å². The zero-order chi connectivity index (χ0) is 34.4. The Morgan fingerprint density at radius 2 is 1.71 bits per heavy atom. The number of unbranched alkanes of at least 4 members (excludes halogenated alkanes) is 2. The van der Waals surface area contributed by atoms with Crippen molar-refractivity contribution in [2.24, 2.45) is 5.92 Å². The molecule has 260 valence electrons. The van der Waals surface area contributed by atoms with Crippen LogP contribution in [-0.4, -0.2) is 48.4 Å². The predicted molar refractivity (Wildman–Crippen MR) is 205 cm³/mol. The lowest BCUT2D eigenvalue weighted by Gasteiger charge is -2.27. The number of anilines is 2. The molecule has 0 radical (unpaired) electrons. The fourth-order valence-corrected chi connectivity index (χ4v) is 6.78. The maximum atomic E-state index is 13.7. The summed E-state index contributed by atoms with van der Waals surface area (Å²) in [5.41, 5.74) is 7.27. The van der Waals surface area contributed by atoms with E-state index >= 15 is 0 Å². The van der Waals surface area contributed by atoms with E-state index in [1.807, 2.05) is 36.8 Å². The molecule has 0 bridgehead atoms.